The van der Waals surface area contributed by atoms with Crippen LogP contribution in [0.4, 0.5) is 17.3 Å². The molecule has 2 aromatic carbocycles. The smallest absolute Gasteiger partial charge is 0.284 e. The Morgan fingerprint density at radius 2 is 1.74 bits per heavy atom. The van der Waals surface area contributed by atoms with Gasteiger partial charge in [-0.05, 0) is 62.0 Å². The van der Waals surface area contributed by atoms with Crippen LogP contribution in [0.5, 0.6) is 0 Å². The topological polar surface area (TPSA) is 96.5 Å². The van der Waals surface area contributed by atoms with Crippen LogP contribution in [0, 0.1) is 6.92 Å². The molecule has 7 rings (SSSR count). The van der Waals surface area contributed by atoms with Crippen molar-refractivity contribution in [2.45, 2.75) is 6.92 Å². The molecule has 1 aliphatic rings. The highest BCUT2D eigenvalue weighted by Gasteiger charge is 2.19. The van der Waals surface area contributed by atoms with Gasteiger partial charge in [0.05, 0.1) is 17.4 Å². The number of hydrogen-bond donors (Lipinski definition) is 1. The number of aryl methyl sites for hydroxylation is 1. The first-order valence-corrected chi connectivity index (χ1v) is 13.0. The highest BCUT2D eigenvalue weighted by Crippen LogP contribution is 2.27. The molecule has 0 spiro atoms. The summed E-state index contributed by atoms with van der Waals surface area (Å²) in [7, 11) is 2.16. The highest BCUT2D eigenvalue weighted by molar-refractivity contribution is 5.95. The zero-order chi connectivity index (χ0) is 26.5. The van der Waals surface area contributed by atoms with E-state index in [0.717, 1.165) is 48.5 Å². The fraction of sp³-hybridized carbons (Fsp3) is 0.207. The maximum Gasteiger partial charge on any atom is 0.284 e. The van der Waals surface area contributed by atoms with E-state index >= 15 is 0 Å². The summed E-state index contributed by atoms with van der Waals surface area (Å²) in [6, 6.07) is 17.9. The standard InChI is InChI=1S/C29H27N9O/c1-19-16-20(9-10-24(19)36-14-12-35(2)13-15-36)32-29-31-18-23-26(34-29)33-27-22-7-3-4-8-25(22)37(38(27)28(23)39)21-6-5-11-30-17-21/h3-11,16-18H,12-15H2,1-2H3,(H,31,32,34). The third-order valence-corrected chi connectivity index (χ3v) is 7.36. The van der Waals surface area contributed by atoms with E-state index < -0.39 is 0 Å². The van der Waals surface area contributed by atoms with Gasteiger partial charge in [0.25, 0.3) is 5.56 Å². The zero-order valence-electron chi connectivity index (χ0n) is 21.7. The van der Waals surface area contributed by atoms with E-state index in [0.29, 0.717) is 22.6 Å². The molecular weight excluding hydrogens is 490 g/mol. The largest absolute Gasteiger partial charge is 0.369 e. The van der Waals surface area contributed by atoms with Crippen molar-refractivity contribution in [3.63, 3.8) is 0 Å². The number of nitrogens with zero attached hydrogens (tertiary/aromatic N) is 8. The Kier molecular flexibility index (Phi) is 5.48. The summed E-state index contributed by atoms with van der Waals surface area (Å²) in [5.41, 5.74) is 5.57. The van der Waals surface area contributed by atoms with Gasteiger partial charge in [0.2, 0.25) is 5.95 Å². The van der Waals surface area contributed by atoms with E-state index in [1.165, 1.54) is 11.3 Å². The number of piperazine rings is 1. The summed E-state index contributed by atoms with van der Waals surface area (Å²) in [6.45, 7) is 6.28. The van der Waals surface area contributed by atoms with E-state index in [1.54, 1.807) is 23.1 Å². The molecule has 0 radical (unpaired) electrons. The molecule has 0 amide bonds. The van der Waals surface area contributed by atoms with Crippen LogP contribution in [-0.2, 0) is 0 Å². The monoisotopic (exact) mass is 517 g/mol. The van der Waals surface area contributed by atoms with Crippen LogP contribution < -0.4 is 15.8 Å². The number of rotatable bonds is 4. The molecule has 1 saturated heterocycles. The van der Waals surface area contributed by atoms with Crippen LogP contribution in [0.25, 0.3) is 33.3 Å². The molecule has 0 aliphatic carbocycles. The number of fused-ring (bicyclic) bond motifs is 4. The van der Waals surface area contributed by atoms with Crippen molar-refractivity contribution in [1.29, 1.82) is 0 Å². The normalized spacial score (nSPS) is 14.5. The molecule has 0 saturated carbocycles. The summed E-state index contributed by atoms with van der Waals surface area (Å²) in [6.07, 6.45) is 4.98. The van der Waals surface area contributed by atoms with Gasteiger partial charge in [-0.1, -0.05) is 12.1 Å². The molecule has 10 nitrogen and oxygen atoms in total. The van der Waals surface area contributed by atoms with Gasteiger partial charge >= 0.3 is 0 Å². The number of hydrogen-bond acceptors (Lipinski definition) is 8. The number of anilines is 3. The zero-order valence-corrected chi connectivity index (χ0v) is 21.7. The first-order valence-electron chi connectivity index (χ1n) is 13.0. The van der Waals surface area contributed by atoms with Crippen molar-refractivity contribution in [2.75, 3.05) is 43.4 Å². The van der Waals surface area contributed by atoms with Gasteiger partial charge in [0.15, 0.2) is 11.3 Å². The van der Waals surface area contributed by atoms with Crippen molar-refractivity contribution in [2.24, 2.45) is 0 Å². The molecule has 5 heterocycles. The molecule has 1 fully saturated rings. The van der Waals surface area contributed by atoms with E-state index in [2.05, 4.69) is 56.2 Å². The molecule has 0 atom stereocenters. The fourth-order valence-corrected chi connectivity index (χ4v) is 5.34. The van der Waals surface area contributed by atoms with Crippen molar-refractivity contribution >= 4 is 44.9 Å². The van der Waals surface area contributed by atoms with Crippen molar-refractivity contribution in [1.82, 2.24) is 34.0 Å². The minimum absolute atomic E-state index is 0.242. The van der Waals surface area contributed by atoms with Crippen LogP contribution in [0.15, 0.2) is 78.0 Å². The number of aromatic nitrogens is 6. The summed E-state index contributed by atoms with van der Waals surface area (Å²) in [5.74, 6) is 0.390. The van der Waals surface area contributed by atoms with Gasteiger partial charge in [0.1, 0.15) is 5.39 Å². The predicted molar refractivity (Wildman–Crippen MR) is 153 cm³/mol. The van der Waals surface area contributed by atoms with Crippen molar-refractivity contribution < 1.29 is 0 Å². The lowest BCUT2D eigenvalue weighted by Crippen LogP contribution is -2.44. The van der Waals surface area contributed by atoms with E-state index in [1.807, 2.05) is 47.1 Å². The second-order valence-corrected chi connectivity index (χ2v) is 9.94. The van der Waals surface area contributed by atoms with Crippen molar-refractivity contribution in [3.05, 3.63) is 89.1 Å². The van der Waals surface area contributed by atoms with E-state index in [-0.39, 0.29) is 5.56 Å². The molecular formula is C29H27N9O. The van der Waals surface area contributed by atoms with E-state index in [4.69, 9.17) is 4.98 Å². The third-order valence-electron chi connectivity index (χ3n) is 7.36. The Hall–Kier alpha value is -4.83. The maximum atomic E-state index is 13.7. The van der Waals surface area contributed by atoms with Gasteiger partial charge in [-0.2, -0.15) is 9.50 Å². The Labute approximate surface area is 224 Å². The Bertz CT molecular complexity index is 1900. The summed E-state index contributed by atoms with van der Waals surface area (Å²) < 4.78 is 3.41. The SMILES string of the molecule is Cc1cc(Nc2ncc3c(=O)n4c(nc3n2)c2ccccc2n4-c2cccnc2)ccc1N1CCN(C)CC1. The minimum Gasteiger partial charge on any atom is -0.369 e. The molecule has 0 unspecified atom stereocenters. The number of para-hydroxylation sites is 1. The van der Waals surface area contributed by atoms with Crippen molar-refractivity contribution in [3.8, 4) is 5.69 Å². The first-order chi connectivity index (χ1) is 19.1. The summed E-state index contributed by atoms with van der Waals surface area (Å²) >= 11 is 0. The third kappa shape index (κ3) is 3.96. The lowest BCUT2D eigenvalue weighted by Gasteiger charge is -2.35. The quantitative estimate of drug-likeness (QED) is 0.378. The van der Waals surface area contributed by atoms with Gasteiger partial charge in [0, 0.05) is 55.3 Å². The molecule has 10 heteroatoms. The maximum absolute atomic E-state index is 13.7. The number of pyridine rings is 1. The van der Waals surface area contributed by atoms with Gasteiger partial charge in [-0.15, -0.1) is 0 Å². The van der Waals surface area contributed by atoms with Crippen LogP contribution in [-0.4, -0.2) is 67.3 Å². The average molecular weight is 518 g/mol. The molecule has 4 aromatic heterocycles. The second-order valence-electron chi connectivity index (χ2n) is 9.94. The second kappa shape index (κ2) is 9.17. The summed E-state index contributed by atoms with van der Waals surface area (Å²) in [5, 5.41) is 4.49. The van der Waals surface area contributed by atoms with Crippen LogP contribution in [0.1, 0.15) is 5.56 Å². The average Bonchev–Trinajstić information content (AvgIpc) is 3.29. The van der Waals surface area contributed by atoms with Gasteiger partial charge in [-0.3, -0.25) is 9.78 Å². The fourth-order valence-electron chi connectivity index (χ4n) is 5.34. The number of likely N-dealkylation sites (N-methyl/N-ethyl adjacent to an activating group) is 1. The minimum atomic E-state index is -0.242. The molecule has 39 heavy (non-hydrogen) atoms. The van der Waals surface area contributed by atoms with Gasteiger partial charge in [-0.25, -0.2) is 14.6 Å². The van der Waals surface area contributed by atoms with E-state index in [9.17, 15) is 4.79 Å². The highest BCUT2D eigenvalue weighted by atomic mass is 16.1. The number of benzene rings is 2. The Morgan fingerprint density at radius 3 is 2.54 bits per heavy atom. The first kappa shape index (κ1) is 23.3. The number of nitrogens with one attached hydrogen (secondary N) is 1. The predicted octanol–water partition coefficient (Wildman–Crippen LogP) is 3.78. The van der Waals surface area contributed by atoms with Crippen LogP contribution >= 0.6 is 0 Å². The molecule has 194 valence electrons. The molecule has 6 aromatic rings. The molecule has 1 aliphatic heterocycles. The Balaban J connectivity index is 1.29. The summed E-state index contributed by atoms with van der Waals surface area (Å²) in [4.78, 5) is 36.7. The Morgan fingerprint density at radius 1 is 0.897 bits per heavy atom. The van der Waals surface area contributed by atoms with Crippen LogP contribution in [0.2, 0.25) is 0 Å². The molecule has 0 bridgehead atoms. The lowest BCUT2D eigenvalue weighted by atomic mass is 10.1. The van der Waals surface area contributed by atoms with Crippen LogP contribution in [0.3, 0.4) is 0 Å². The molecule has 1 N–H and O–H groups in total. The lowest BCUT2D eigenvalue weighted by molar-refractivity contribution is 0.312. The van der Waals surface area contributed by atoms with Gasteiger partial charge < -0.3 is 15.1 Å².